The van der Waals surface area contributed by atoms with Gasteiger partial charge in [0.05, 0.1) is 10.7 Å². The van der Waals surface area contributed by atoms with E-state index < -0.39 is 0 Å². The Kier molecular flexibility index (Phi) is 7.26. The molecule has 0 atom stereocenters. The summed E-state index contributed by atoms with van der Waals surface area (Å²) in [6, 6.07) is 20.3. The lowest BCUT2D eigenvalue weighted by molar-refractivity contribution is -0.497. The van der Waals surface area contributed by atoms with Gasteiger partial charge < -0.3 is 12.4 Å². The molecular weight excluding hydrogens is 339 g/mol. The lowest BCUT2D eigenvalue weighted by atomic mass is 9.96. The number of quaternary nitrogens is 1. The standard InChI is InChI=1S/C20H19ClN2.ClH/c21-20-16(14-22-18-10-3-1-4-11-18)8-7-9-17(20)15-23-19-12-5-2-6-13-19;/h1-6,10-15,22H,7-9H2;1H/b16-14+,23-15?;. The lowest BCUT2D eigenvalue weighted by Gasteiger charge is -2.15. The van der Waals surface area contributed by atoms with Crippen LogP contribution in [0.15, 0.2) is 88.0 Å². The molecule has 2 nitrogen and oxygen atoms in total. The fraction of sp³-hybridized carbons (Fsp3) is 0.150. The molecule has 2 N–H and O–H groups in total. The number of nitrogens with zero attached hydrogens (tertiary/aromatic N) is 1. The fourth-order valence-corrected chi connectivity index (χ4v) is 2.90. The molecule has 0 aromatic heterocycles. The van der Waals surface area contributed by atoms with Crippen molar-refractivity contribution in [2.75, 3.05) is 0 Å². The van der Waals surface area contributed by atoms with Gasteiger partial charge in [-0.05, 0) is 49.1 Å². The molecule has 0 heterocycles. The van der Waals surface area contributed by atoms with E-state index in [0.29, 0.717) is 0 Å². The molecule has 1 aliphatic carbocycles. The molecular formula is C20H20Cl2N2. The summed E-state index contributed by atoms with van der Waals surface area (Å²) in [5.41, 5.74) is 4.46. The van der Waals surface area contributed by atoms with Gasteiger partial charge in [0.2, 0.25) is 0 Å². The second-order valence-corrected chi connectivity index (χ2v) is 5.93. The van der Waals surface area contributed by atoms with E-state index in [-0.39, 0.29) is 12.4 Å². The van der Waals surface area contributed by atoms with Crippen molar-refractivity contribution in [1.29, 1.82) is 0 Å². The lowest BCUT2D eigenvalue weighted by Crippen LogP contribution is -3.00. The van der Waals surface area contributed by atoms with Crippen LogP contribution in [-0.4, -0.2) is 6.21 Å². The van der Waals surface area contributed by atoms with Crippen LogP contribution in [0.1, 0.15) is 19.3 Å². The average Bonchev–Trinajstić information content (AvgIpc) is 2.61. The minimum atomic E-state index is 0. The largest absolute Gasteiger partial charge is 1.00 e. The molecule has 3 rings (SSSR count). The summed E-state index contributed by atoms with van der Waals surface area (Å²) in [5, 5.41) is 2.97. The van der Waals surface area contributed by atoms with Gasteiger partial charge in [-0.15, -0.1) is 0 Å². The molecule has 0 unspecified atom stereocenters. The Morgan fingerprint density at radius 2 is 1.58 bits per heavy atom. The van der Waals surface area contributed by atoms with E-state index >= 15 is 0 Å². The second kappa shape index (κ2) is 9.43. The topological polar surface area (TPSA) is 29.0 Å². The highest BCUT2D eigenvalue weighted by atomic mass is 35.5. The van der Waals surface area contributed by atoms with Crippen LogP contribution < -0.4 is 17.7 Å². The van der Waals surface area contributed by atoms with E-state index in [1.54, 1.807) is 0 Å². The van der Waals surface area contributed by atoms with Gasteiger partial charge in [-0.25, -0.2) is 0 Å². The Hall–Kier alpha value is -1.87. The third-order valence-electron chi connectivity index (χ3n) is 3.86. The Bertz CT molecular complexity index is 735. The van der Waals surface area contributed by atoms with Crippen molar-refractivity contribution < 1.29 is 17.7 Å². The Morgan fingerprint density at radius 3 is 2.29 bits per heavy atom. The van der Waals surface area contributed by atoms with E-state index in [2.05, 4.69) is 28.6 Å². The minimum absolute atomic E-state index is 0. The van der Waals surface area contributed by atoms with Crippen LogP contribution in [-0.2, 0) is 0 Å². The summed E-state index contributed by atoms with van der Waals surface area (Å²) in [6.07, 6.45) is 7.16. The molecule has 0 aliphatic heterocycles. The molecule has 24 heavy (non-hydrogen) atoms. The zero-order valence-electron chi connectivity index (χ0n) is 13.3. The highest BCUT2D eigenvalue weighted by Crippen LogP contribution is 2.31. The van der Waals surface area contributed by atoms with Gasteiger partial charge in [0, 0.05) is 11.8 Å². The first-order chi connectivity index (χ1) is 11.3. The summed E-state index contributed by atoms with van der Waals surface area (Å²) in [6.45, 7) is 0. The Balaban J connectivity index is 0.00000208. The van der Waals surface area contributed by atoms with Gasteiger partial charge >= 0.3 is 0 Å². The molecule has 0 saturated heterocycles. The highest BCUT2D eigenvalue weighted by Gasteiger charge is 2.15. The summed E-state index contributed by atoms with van der Waals surface area (Å²) in [7, 11) is 0. The van der Waals surface area contributed by atoms with E-state index in [0.717, 1.165) is 35.6 Å². The molecule has 0 radical (unpaired) electrons. The normalized spacial score (nSPS) is 16.5. The van der Waals surface area contributed by atoms with Gasteiger partial charge in [0.1, 0.15) is 11.9 Å². The first-order valence-electron chi connectivity index (χ1n) is 7.90. The van der Waals surface area contributed by atoms with Crippen LogP contribution in [0.2, 0.25) is 0 Å². The molecule has 2 aromatic rings. The number of halogens is 2. The van der Waals surface area contributed by atoms with Crippen LogP contribution in [0.4, 0.5) is 11.4 Å². The summed E-state index contributed by atoms with van der Waals surface area (Å²) in [4.78, 5) is 4.53. The first kappa shape index (κ1) is 18.5. The second-order valence-electron chi connectivity index (χ2n) is 5.56. The fourth-order valence-electron chi connectivity index (χ4n) is 2.60. The smallest absolute Gasteiger partial charge is 0.134 e. The zero-order chi connectivity index (χ0) is 15.9. The van der Waals surface area contributed by atoms with Gasteiger partial charge in [-0.3, -0.25) is 10.3 Å². The van der Waals surface area contributed by atoms with Crippen LogP contribution >= 0.6 is 11.6 Å². The SMILES string of the molecule is ClC1=C(C=Nc2ccccc2)CCC/C1=C\[NH2+]c1ccccc1.[Cl-]. The third-order valence-corrected chi connectivity index (χ3v) is 4.34. The molecule has 4 heteroatoms. The molecule has 0 bridgehead atoms. The molecule has 1 aliphatic rings. The first-order valence-corrected chi connectivity index (χ1v) is 8.28. The maximum atomic E-state index is 6.58. The van der Waals surface area contributed by atoms with Gasteiger partial charge in [0.25, 0.3) is 0 Å². The molecule has 0 saturated carbocycles. The van der Waals surface area contributed by atoms with Crippen molar-refractivity contribution >= 4 is 29.2 Å². The molecule has 0 spiro atoms. The number of hydrogen-bond acceptors (Lipinski definition) is 1. The molecule has 2 aromatic carbocycles. The maximum absolute atomic E-state index is 6.58. The highest BCUT2D eigenvalue weighted by molar-refractivity contribution is 6.33. The van der Waals surface area contributed by atoms with Gasteiger partial charge in [0.15, 0.2) is 0 Å². The van der Waals surface area contributed by atoms with Crippen LogP contribution in [0.5, 0.6) is 0 Å². The van der Waals surface area contributed by atoms with E-state index in [1.165, 1.54) is 11.3 Å². The van der Waals surface area contributed by atoms with Crippen molar-refractivity contribution in [2.45, 2.75) is 19.3 Å². The van der Waals surface area contributed by atoms with Crippen molar-refractivity contribution in [2.24, 2.45) is 4.99 Å². The average molecular weight is 359 g/mol. The van der Waals surface area contributed by atoms with Gasteiger partial charge in [-0.2, -0.15) is 0 Å². The van der Waals surface area contributed by atoms with Crippen LogP contribution in [0, 0.1) is 0 Å². The molecule has 0 fully saturated rings. The quantitative estimate of drug-likeness (QED) is 0.638. The monoisotopic (exact) mass is 358 g/mol. The van der Waals surface area contributed by atoms with Gasteiger partial charge in [-0.1, -0.05) is 48.0 Å². The van der Waals surface area contributed by atoms with Crippen LogP contribution in [0.25, 0.3) is 0 Å². The maximum Gasteiger partial charge on any atom is 0.134 e. The number of benzene rings is 2. The number of allylic oxidation sites excluding steroid dienone is 3. The Labute approximate surface area is 154 Å². The zero-order valence-corrected chi connectivity index (χ0v) is 14.8. The minimum Gasteiger partial charge on any atom is -1.00 e. The van der Waals surface area contributed by atoms with Crippen molar-refractivity contribution in [3.05, 3.63) is 83.0 Å². The van der Waals surface area contributed by atoms with E-state index in [4.69, 9.17) is 11.6 Å². The predicted molar refractivity (Wildman–Crippen MR) is 97.4 cm³/mol. The Morgan fingerprint density at radius 1 is 0.917 bits per heavy atom. The molecule has 124 valence electrons. The van der Waals surface area contributed by atoms with Crippen LogP contribution in [0.3, 0.4) is 0 Å². The number of para-hydroxylation sites is 2. The van der Waals surface area contributed by atoms with E-state index in [9.17, 15) is 0 Å². The predicted octanol–water partition coefficient (Wildman–Crippen LogP) is 1.85. The number of rotatable bonds is 4. The summed E-state index contributed by atoms with van der Waals surface area (Å²) < 4.78 is 0. The number of aliphatic imine (C=N–C) groups is 1. The van der Waals surface area contributed by atoms with Crippen molar-refractivity contribution in [1.82, 2.24) is 0 Å². The van der Waals surface area contributed by atoms with E-state index in [1.807, 2.05) is 54.7 Å². The number of nitrogens with two attached hydrogens (primary N) is 1. The summed E-state index contributed by atoms with van der Waals surface area (Å²) in [5.74, 6) is 0. The molecule has 0 amide bonds. The van der Waals surface area contributed by atoms with Crippen molar-refractivity contribution in [3.8, 4) is 0 Å². The van der Waals surface area contributed by atoms with Crippen molar-refractivity contribution in [3.63, 3.8) is 0 Å². The third kappa shape index (κ3) is 5.07. The summed E-state index contributed by atoms with van der Waals surface area (Å²) >= 11 is 6.58. The number of hydrogen-bond donors (Lipinski definition) is 1.